The lowest BCUT2D eigenvalue weighted by Gasteiger charge is -2.10. The van der Waals surface area contributed by atoms with Crippen LogP contribution in [0.15, 0.2) is 33.9 Å². The number of rotatable bonds is 4. The van der Waals surface area contributed by atoms with E-state index in [0.717, 1.165) is 16.7 Å². The minimum absolute atomic E-state index is 0.0592. The van der Waals surface area contributed by atoms with Gasteiger partial charge in [-0.05, 0) is 6.07 Å². The highest BCUT2D eigenvalue weighted by Crippen LogP contribution is 2.23. The fourth-order valence-corrected chi connectivity index (χ4v) is 2.17. The molecule has 10 heteroatoms. The van der Waals surface area contributed by atoms with Gasteiger partial charge in [-0.25, -0.2) is 9.59 Å². The quantitative estimate of drug-likeness (QED) is 0.460. The van der Waals surface area contributed by atoms with Crippen LogP contribution in [0.25, 0.3) is 0 Å². The maximum absolute atomic E-state index is 12.0. The summed E-state index contributed by atoms with van der Waals surface area (Å²) in [6.45, 7) is -0.325. The highest BCUT2D eigenvalue weighted by atomic mass is 35.5. The average Bonchev–Trinajstić information content (AvgIpc) is 2.54. The van der Waals surface area contributed by atoms with Gasteiger partial charge in [0.25, 0.3) is 11.2 Å². The summed E-state index contributed by atoms with van der Waals surface area (Å²) < 4.78 is 7.11. The molecule has 0 N–H and O–H groups in total. The summed E-state index contributed by atoms with van der Waals surface area (Å²) in [4.78, 5) is 45.4. The summed E-state index contributed by atoms with van der Waals surface area (Å²) in [5, 5.41) is 10.5. The fourth-order valence-electron chi connectivity index (χ4n) is 1.92. The van der Waals surface area contributed by atoms with Crippen LogP contribution in [-0.4, -0.2) is 20.0 Å². The van der Waals surface area contributed by atoms with Gasteiger partial charge >= 0.3 is 11.7 Å². The molecule has 2 rings (SSSR count). The number of aromatic nitrogens is 2. The van der Waals surface area contributed by atoms with E-state index >= 15 is 0 Å². The Morgan fingerprint density at radius 3 is 2.50 bits per heavy atom. The Bertz CT molecular complexity index is 947. The summed E-state index contributed by atoms with van der Waals surface area (Å²) in [7, 11) is 2.76. The number of hydrogen-bond acceptors (Lipinski definition) is 6. The second-order valence-electron chi connectivity index (χ2n) is 4.87. The summed E-state index contributed by atoms with van der Waals surface area (Å²) in [5.74, 6) is -0.831. The summed E-state index contributed by atoms with van der Waals surface area (Å²) >= 11 is 5.84. The van der Waals surface area contributed by atoms with E-state index in [-0.39, 0.29) is 28.6 Å². The third-order valence-corrected chi connectivity index (χ3v) is 3.67. The Kier molecular flexibility index (Phi) is 4.84. The maximum Gasteiger partial charge on any atom is 0.340 e. The number of carbonyl (C=O) groups is 1. The Labute approximate surface area is 139 Å². The largest absolute Gasteiger partial charge is 0.456 e. The molecule has 126 valence electrons. The van der Waals surface area contributed by atoms with Gasteiger partial charge in [0.1, 0.15) is 6.61 Å². The molecule has 0 spiro atoms. The molecule has 1 heterocycles. The second kappa shape index (κ2) is 6.67. The van der Waals surface area contributed by atoms with E-state index in [1.165, 1.54) is 30.8 Å². The third kappa shape index (κ3) is 3.35. The number of esters is 1. The van der Waals surface area contributed by atoms with E-state index in [4.69, 9.17) is 16.3 Å². The van der Waals surface area contributed by atoms with Gasteiger partial charge in [-0.3, -0.25) is 24.0 Å². The number of benzene rings is 1. The van der Waals surface area contributed by atoms with Crippen molar-refractivity contribution in [2.45, 2.75) is 6.61 Å². The number of carbonyl (C=O) groups excluding carboxylic acids is 1. The van der Waals surface area contributed by atoms with Crippen molar-refractivity contribution in [2.75, 3.05) is 0 Å². The molecule has 2 aromatic rings. The number of non-ortho nitro benzene ring substituents is 1. The van der Waals surface area contributed by atoms with Crippen molar-refractivity contribution >= 4 is 23.3 Å². The minimum Gasteiger partial charge on any atom is -0.456 e. The second-order valence-corrected chi connectivity index (χ2v) is 5.28. The first kappa shape index (κ1) is 17.4. The van der Waals surface area contributed by atoms with Crippen LogP contribution in [0.2, 0.25) is 5.02 Å². The Morgan fingerprint density at radius 1 is 1.25 bits per heavy atom. The average molecular weight is 354 g/mol. The van der Waals surface area contributed by atoms with Crippen molar-refractivity contribution in [3.8, 4) is 0 Å². The van der Waals surface area contributed by atoms with E-state index < -0.39 is 22.1 Å². The molecular formula is C14H12ClN3O6. The highest BCUT2D eigenvalue weighted by molar-refractivity contribution is 6.33. The number of nitrogens with zero attached hydrogens (tertiary/aromatic N) is 3. The Balaban J connectivity index is 2.22. The molecule has 0 aliphatic heterocycles. The van der Waals surface area contributed by atoms with Gasteiger partial charge in [0.05, 0.1) is 21.2 Å². The molecule has 1 aromatic heterocycles. The van der Waals surface area contributed by atoms with Gasteiger partial charge in [0.15, 0.2) is 0 Å². The molecule has 0 unspecified atom stereocenters. The molecule has 0 aliphatic rings. The van der Waals surface area contributed by atoms with Crippen LogP contribution in [0.3, 0.4) is 0 Å². The zero-order valence-electron chi connectivity index (χ0n) is 12.7. The van der Waals surface area contributed by atoms with Crippen molar-refractivity contribution < 1.29 is 14.5 Å². The number of nitro groups is 1. The Morgan fingerprint density at radius 2 is 1.92 bits per heavy atom. The standard InChI is InChI=1S/C14H12ClN3O6/c1-16-9(6-12(19)17(2)14(16)21)7-24-13(20)10-4-3-8(18(22)23)5-11(10)15/h3-6H,7H2,1-2H3. The van der Waals surface area contributed by atoms with Crippen molar-refractivity contribution in [3.05, 3.63) is 71.5 Å². The van der Waals surface area contributed by atoms with Gasteiger partial charge < -0.3 is 4.74 Å². The zero-order chi connectivity index (χ0) is 18.0. The maximum atomic E-state index is 12.0. The summed E-state index contributed by atoms with van der Waals surface area (Å²) in [6.07, 6.45) is 0. The van der Waals surface area contributed by atoms with Crippen LogP contribution in [0.1, 0.15) is 16.1 Å². The first-order valence-electron chi connectivity index (χ1n) is 6.59. The lowest BCUT2D eigenvalue weighted by atomic mass is 10.2. The van der Waals surface area contributed by atoms with Crippen LogP contribution >= 0.6 is 11.6 Å². The summed E-state index contributed by atoms with van der Waals surface area (Å²) in [6, 6.07) is 4.50. The topological polar surface area (TPSA) is 113 Å². The molecule has 0 fully saturated rings. The molecule has 0 amide bonds. The molecular weight excluding hydrogens is 342 g/mol. The van der Waals surface area contributed by atoms with Gasteiger partial charge in [0, 0.05) is 32.3 Å². The van der Waals surface area contributed by atoms with Crippen LogP contribution in [0.5, 0.6) is 0 Å². The SMILES string of the molecule is Cn1c(COC(=O)c2ccc([N+](=O)[O-])cc2Cl)cc(=O)n(C)c1=O. The molecule has 0 bridgehead atoms. The Hall–Kier alpha value is -2.94. The van der Waals surface area contributed by atoms with Gasteiger partial charge in [0.2, 0.25) is 0 Å². The first-order chi connectivity index (χ1) is 11.2. The lowest BCUT2D eigenvalue weighted by Crippen LogP contribution is -2.38. The van der Waals surface area contributed by atoms with Gasteiger partial charge in [-0.2, -0.15) is 0 Å². The fraction of sp³-hybridized carbons (Fsp3) is 0.214. The molecule has 1 aromatic carbocycles. The van der Waals surface area contributed by atoms with Crippen LogP contribution < -0.4 is 11.2 Å². The monoisotopic (exact) mass is 353 g/mol. The predicted octanol–water partition coefficient (Wildman–Crippen LogP) is 1.00. The number of hydrogen-bond donors (Lipinski definition) is 0. The van der Waals surface area contributed by atoms with Gasteiger partial charge in [-0.1, -0.05) is 11.6 Å². The van der Waals surface area contributed by atoms with Crippen molar-refractivity contribution in [3.63, 3.8) is 0 Å². The smallest absolute Gasteiger partial charge is 0.340 e. The molecule has 0 saturated carbocycles. The molecule has 0 atom stereocenters. The molecule has 24 heavy (non-hydrogen) atoms. The minimum atomic E-state index is -0.831. The molecule has 9 nitrogen and oxygen atoms in total. The van der Waals surface area contributed by atoms with E-state index in [0.29, 0.717) is 0 Å². The zero-order valence-corrected chi connectivity index (χ0v) is 13.4. The molecule has 0 aliphatic carbocycles. The normalized spacial score (nSPS) is 10.5. The van der Waals surface area contributed by atoms with Crippen molar-refractivity contribution in [2.24, 2.45) is 14.1 Å². The molecule has 0 radical (unpaired) electrons. The van der Waals surface area contributed by atoms with E-state index in [1.54, 1.807) is 0 Å². The van der Waals surface area contributed by atoms with Gasteiger partial charge in [-0.15, -0.1) is 0 Å². The predicted molar refractivity (Wildman–Crippen MR) is 84.1 cm³/mol. The van der Waals surface area contributed by atoms with Crippen molar-refractivity contribution in [1.82, 2.24) is 9.13 Å². The number of ether oxygens (including phenoxy) is 1. The van der Waals surface area contributed by atoms with Crippen LogP contribution in [-0.2, 0) is 25.4 Å². The van der Waals surface area contributed by atoms with E-state index in [2.05, 4.69) is 0 Å². The first-order valence-corrected chi connectivity index (χ1v) is 6.97. The molecule has 0 saturated heterocycles. The number of nitro benzene ring substituents is 1. The number of halogens is 1. The van der Waals surface area contributed by atoms with Crippen molar-refractivity contribution in [1.29, 1.82) is 0 Å². The lowest BCUT2D eigenvalue weighted by molar-refractivity contribution is -0.384. The van der Waals surface area contributed by atoms with E-state index in [1.807, 2.05) is 0 Å². The highest BCUT2D eigenvalue weighted by Gasteiger charge is 2.17. The van der Waals surface area contributed by atoms with Crippen LogP contribution in [0.4, 0.5) is 5.69 Å². The third-order valence-electron chi connectivity index (χ3n) is 3.36. The van der Waals surface area contributed by atoms with Crippen LogP contribution in [0, 0.1) is 10.1 Å². The van der Waals surface area contributed by atoms with E-state index in [9.17, 15) is 24.5 Å². The summed E-state index contributed by atoms with van der Waals surface area (Å²) in [5.41, 5.74) is -1.20.